The van der Waals surface area contributed by atoms with E-state index in [-0.39, 0.29) is 12.5 Å². The molecule has 1 N–H and O–H groups in total. The number of aromatic nitrogens is 2. The van der Waals surface area contributed by atoms with Crippen molar-refractivity contribution in [2.45, 2.75) is 13.8 Å². The Morgan fingerprint density at radius 1 is 1.79 bits per heavy atom. The topological polar surface area (TPSA) is 72.8 Å². The van der Waals surface area contributed by atoms with Crippen molar-refractivity contribution in [1.29, 1.82) is 5.26 Å². The van der Waals surface area contributed by atoms with E-state index in [2.05, 4.69) is 10.2 Å². The van der Waals surface area contributed by atoms with Crippen LogP contribution in [0.15, 0.2) is 6.20 Å². The van der Waals surface area contributed by atoms with Crippen LogP contribution >= 0.6 is 0 Å². The number of aromatic amines is 1. The van der Waals surface area contributed by atoms with Gasteiger partial charge in [0.2, 0.25) is 0 Å². The number of carbonyl (C=O) groups excluding carboxylic acids is 1. The third-order valence-corrected chi connectivity index (χ3v) is 1.99. The van der Waals surface area contributed by atoms with E-state index in [0.29, 0.717) is 12.1 Å². The zero-order valence-electron chi connectivity index (χ0n) is 8.24. The van der Waals surface area contributed by atoms with Crippen molar-refractivity contribution in [1.82, 2.24) is 15.1 Å². The molecular formula is C9H12N4O. The average Bonchev–Trinajstić information content (AvgIpc) is 2.59. The van der Waals surface area contributed by atoms with E-state index in [9.17, 15) is 4.79 Å². The highest BCUT2D eigenvalue weighted by Crippen LogP contribution is 2.06. The van der Waals surface area contributed by atoms with Crippen molar-refractivity contribution in [3.8, 4) is 6.07 Å². The maximum absolute atomic E-state index is 11.8. The highest BCUT2D eigenvalue weighted by atomic mass is 16.2. The second kappa shape index (κ2) is 4.42. The molecule has 0 aliphatic rings. The lowest BCUT2D eigenvalue weighted by atomic mass is 10.2. The van der Waals surface area contributed by atoms with Crippen LogP contribution in [0, 0.1) is 18.3 Å². The number of rotatable bonds is 3. The molecule has 0 unspecified atom stereocenters. The Morgan fingerprint density at radius 3 is 2.93 bits per heavy atom. The van der Waals surface area contributed by atoms with Gasteiger partial charge in [0.05, 0.1) is 17.8 Å². The highest BCUT2D eigenvalue weighted by Gasteiger charge is 2.16. The fraction of sp³-hybridized carbons (Fsp3) is 0.444. The van der Waals surface area contributed by atoms with Gasteiger partial charge in [-0.15, -0.1) is 0 Å². The number of carbonyl (C=O) groups is 1. The summed E-state index contributed by atoms with van der Waals surface area (Å²) in [6, 6.07) is 1.96. The number of amides is 1. The smallest absolute Gasteiger partial charge is 0.258 e. The molecule has 14 heavy (non-hydrogen) atoms. The zero-order valence-corrected chi connectivity index (χ0v) is 8.24. The molecule has 0 atom stereocenters. The largest absolute Gasteiger partial charge is 0.325 e. The number of aryl methyl sites for hydroxylation is 1. The number of hydrogen-bond acceptors (Lipinski definition) is 3. The number of nitrogens with one attached hydrogen (secondary N) is 1. The zero-order chi connectivity index (χ0) is 10.6. The number of hydrogen-bond donors (Lipinski definition) is 1. The molecule has 0 aliphatic heterocycles. The number of H-pyrrole nitrogens is 1. The Hall–Kier alpha value is -1.83. The molecule has 74 valence electrons. The fourth-order valence-electron chi connectivity index (χ4n) is 1.15. The van der Waals surface area contributed by atoms with Gasteiger partial charge in [-0.3, -0.25) is 9.89 Å². The maximum Gasteiger partial charge on any atom is 0.258 e. The summed E-state index contributed by atoms with van der Waals surface area (Å²) in [5, 5.41) is 15.0. The lowest BCUT2D eigenvalue weighted by Gasteiger charge is -2.16. The van der Waals surface area contributed by atoms with Crippen molar-refractivity contribution < 1.29 is 4.79 Å². The second-order valence-corrected chi connectivity index (χ2v) is 2.89. The van der Waals surface area contributed by atoms with E-state index in [4.69, 9.17) is 5.26 Å². The van der Waals surface area contributed by atoms with Gasteiger partial charge in [-0.1, -0.05) is 0 Å². The van der Waals surface area contributed by atoms with E-state index in [1.807, 2.05) is 13.0 Å². The molecule has 0 bridgehead atoms. The number of nitriles is 1. The summed E-state index contributed by atoms with van der Waals surface area (Å²) in [6.45, 7) is 4.25. The Labute approximate surface area is 82.3 Å². The van der Waals surface area contributed by atoms with E-state index in [1.165, 1.54) is 11.1 Å². The van der Waals surface area contributed by atoms with Crippen LogP contribution in [0.25, 0.3) is 0 Å². The van der Waals surface area contributed by atoms with Crippen LogP contribution in [0.4, 0.5) is 0 Å². The van der Waals surface area contributed by atoms with Crippen molar-refractivity contribution >= 4 is 5.91 Å². The van der Waals surface area contributed by atoms with Crippen molar-refractivity contribution in [3.05, 3.63) is 17.5 Å². The first-order chi connectivity index (χ1) is 6.70. The molecule has 0 aromatic carbocycles. The van der Waals surface area contributed by atoms with Crippen LogP contribution in [0.3, 0.4) is 0 Å². The lowest BCUT2D eigenvalue weighted by molar-refractivity contribution is 0.0783. The van der Waals surface area contributed by atoms with Gasteiger partial charge in [0, 0.05) is 12.2 Å². The molecule has 1 aromatic heterocycles. The van der Waals surface area contributed by atoms with Crippen LogP contribution in [-0.4, -0.2) is 34.1 Å². The first-order valence-corrected chi connectivity index (χ1v) is 4.36. The minimum Gasteiger partial charge on any atom is -0.325 e. The number of nitrogens with zero attached hydrogens (tertiary/aromatic N) is 3. The van der Waals surface area contributed by atoms with Crippen LogP contribution in [0.2, 0.25) is 0 Å². The van der Waals surface area contributed by atoms with Gasteiger partial charge in [-0.25, -0.2) is 0 Å². The van der Waals surface area contributed by atoms with Gasteiger partial charge in [0.25, 0.3) is 5.91 Å². The Bertz CT molecular complexity index is 363. The van der Waals surface area contributed by atoms with Crippen LogP contribution in [-0.2, 0) is 0 Å². The summed E-state index contributed by atoms with van der Waals surface area (Å²) in [7, 11) is 0. The van der Waals surface area contributed by atoms with E-state index in [0.717, 1.165) is 5.69 Å². The minimum absolute atomic E-state index is 0.111. The van der Waals surface area contributed by atoms with Crippen LogP contribution in [0.1, 0.15) is 23.0 Å². The molecule has 0 fully saturated rings. The molecule has 1 aromatic rings. The quantitative estimate of drug-likeness (QED) is 0.716. The molecular weight excluding hydrogens is 180 g/mol. The Kier molecular flexibility index (Phi) is 3.24. The average molecular weight is 192 g/mol. The summed E-state index contributed by atoms with van der Waals surface area (Å²) in [4.78, 5) is 13.2. The van der Waals surface area contributed by atoms with E-state index < -0.39 is 0 Å². The third kappa shape index (κ3) is 1.91. The normalized spacial score (nSPS) is 9.50. The molecule has 1 amide bonds. The second-order valence-electron chi connectivity index (χ2n) is 2.89. The fourth-order valence-corrected chi connectivity index (χ4v) is 1.15. The minimum atomic E-state index is -0.152. The van der Waals surface area contributed by atoms with Crippen LogP contribution in [0.5, 0.6) is 0 Å². The van der Waals surface area contributed by atoms with E-state index in [1.54, 1.807) is 6.92 Å². The molecule has 5 nitrogen and oxygen atoms in total. The predicted octanol–water partition coefficient (Wildman–Crippen LogP) is 0.704. The van der Waals surface area contributed by atoms with Crippen LogP contribution < -0.4 is 0 Å². The third-order valence-electron chi connectivity index (χ3n) is 1.99. The van der Waals surface area contributed by atoms with Gasteiger partial charge >= 0.3 is 0 Å². The molecule has 0 saturated carbocycles. The van der Waals surface area contributed by atoms with Crippen molar-refractivity contribution in [2.24, 2.45) is 0 Å². The van der Waals surface area contributed by atoms with Gasteiger partial charge in [0.15, 0.2) is 0 Å². The van der Waals surface area contributed by atoms with E-state index >= 15 is 0 Å². The molecule has 0 radical (unpaired) electrons. The van der Waals surface area contributed by atoms with Crippen molar-refractivity contribution in [2.75, 3.05) is 13.1 Å². The molecule has 0 spiro atoms. The summed E-state index contributed by atoms with van der Waals surface area (Å²) >= 11 is 0. The first-order valence-electron chi connectivity index (χ1n) is 4.36. The summed E-state index contributed by atoms with van der Waals surface area (Å²) in [6.07, 6.45) is 1.48. The molecule has 5 heteroatoms. The van der Waals surface area contributed by atoms with Gasteiger partial charge < -0.3 is 4.90 Å². The summed E-state index contributed by atoms with van der Waals surface area (Å²) in [5.74, 6) is -0.152. The van der Waals surface area contributed by atoms with Gasteiger partial charge in [0.1, 0.15) is 6.54 Å². The van der Waals surface area contributed by atoms with Gasteiger partial charge in [-0.05, 0) is 13.8 Å². The monoisotopic (exact) mass is 192 g/mol. The molecule has 0 saturated heterocycles. The Balaban J connectivity index is 2.84. The summed E-state index contributed by atoms with van der Waals surface area (Å²) in [5.41, 5.74) is 1.26. The van der Waals surface area contributed by atoms with Crippen molar-refractivity contribution in [3.63, 3.8) is 0 Å². The first kappa shape index (κ1) is 10.3. The standard InChI is InChI=1S/C9H12N4O/c1-3-13(5-4-10)9(14)8-6-11-12-7(8)2/h6H,3,5H2,1-2H3,(H,11,12). The van der Waals surface area contributed by atoms with Gasteiger partial charge in [-0.2, -0.15) is 10.4 Å². The molecule has 1 rings (SSSR count). The molecule has 0 aliphatic carbocycles. The summed E-state index contributed by atoms with van der Waals surface area (Å²) < 4.78 is 0. The molecule has 1 heterocycles. The highest BCUT2D eigenvalue weighted by molar-refractivity contribution is 5.95. The maximum atomic E-state index is 11.8. The predicted molar refractivity (Wildman–Crippen MR) is 50.5 cm³/mol. The SMILES string of the molecule is CCN(CC#N)C(=O)c1cn[nH]c1C. The Morgan fingerprint density at radius 2 is 2.50 bits per heavy atom. The lowest BCUT2D eigenvalue weighted by Crippen LogP contribution is -2.31.